The first kappa shape index (κ1) is 83.2. The molecule has 2 heterocycles. The lowest BCUT2D eigenvalue weighted by molar-refractivity contribution is 0.0557. The number of nitrogen functional groups attached to an aromatic ring is 1. The molecule has 360 valence electrons. The second-order valence-corrected chi connectivity index (χ2v) is 24.4. The third kappa shape index (κ3) is 24.6. The number of nitrogens with two attached hydrogens (primary N) is 1. The van der Waals surface area contributed by atoms with Crippen molar-refractivity contribution in [2.45, 2.75) is 80.1 Å². The summed E-state index contributed by atoms with van der Waals surface area (Å²) < 4.78 is 21.9. The van der Waals surface area contributed by atoms with Crippen molar-refractivity contribution >= 4 is 361 Å². The highest BCUT2D eigenvalue weighted by molar-refractivity contribution is 8.34. The first-order valence-electron chi connectivity index (χ1n) is 28.2. The zero-order valence-corrected chi connectivity index (χ0v) is 50.8. The molecule has 2 aliphatic rings. The molecule has 0 fully saturated rings. The Labute approximate surface area is 560 Å². The van der Waals surface area contributed by atoms with Crippen LogP contribution in [0.4, 0.5) is 32.3 Å². The normalized spacial score (nSPS) is 11.8. The molecule has 2 aromatic carbocycles. The molecule has 2 aromatic rings. The molecule has 2 aliphatic heterocycles. The van der Waals surface area contributed by atoms with Crippen molar-refractivity contribution in [2.75, 3.05) is 47.2 Å². The van der Waals surface area contributed by atoms with Crippen LogP contribution in [0.25, 0.3) is 0 Å². The minimum absolute atomic E-state index is 0. The van der Waals surface area contributed by atoms with Crippen molar-refractivity contribution < 1.29 is 28.5 Å². The third-order valence-electron chi connectivity index (χ3n) is 14.7. The average molecular weight is 1060 g/mol. The van der Waals surface area contributed by atoms with Crippen LogP contribution in [0.3, 0.4) is 0 Å². The van der Waals surface area contributed by atoms with Crippen LogP contribution in [-0.2, 0) is 9.47 Å². The quantitative estimate of drug-likeness (QED) is 0.0835. The summed E-state index contributed by atoms with van der Waals surface area (Å²) in [7, 11) is 153. The Bertz CT molecular complexity index is 2130. The van der Waals surface area contributed by atoms with Crippen LogP contribution in [0.1, 0.15) is 62.8 Å². The van der Waals surface area contributed by atoms with Crippen LogP contribution in [0, 0.1) is 0 Å². The molecule has 4 rings (SSSR count). The predicted octanol–water partition coefficient (Wildman–Crippen LogP) is -10.8. The van der Waals surface area contributed by atoms with Crippen molar-refractivity contribution in [3.63, 3.8) is 0 Å². The molecule has 48 radical (unpaired) electrons. The van der Waals surface area contributed by atoms with E-state index in [2.05, 4.69) is 19.2 Å². The monoisotopic (exact) mass is 1060 g/mol. The zero-order valence-electron chi connectivity index (χ0n) is 50.8. The van der Waals surface area contributed by atoms with Gasteiger partial charge in [-0.1, -0.05) is 7.43 Å². The van der Waals surface area contributed by atoms with Gasteiger partial charge >= 0.3 is 12.2 Å². The predicted molar refractivity (Wildman–Crippen MR) is 426 cm³/mol. The summed E-state index contributed by atoms with van der Waals surface area (Å²) in [5.74, 6) is 1.36. The summed E-state index contributed by atoms with van der Waals surface area (Å²) in [5, 5.41) is 3.33. The highest BCUT2D eigenvalue weighted by Crippen LogP contribution is 2.36. The Morgan fingerprint density at radius 1 is 0.442 bits per heavy atom. The Kier molecular flexibility index (Phi) is 35.9. The average Bonchev–Trinajstić information content (AvgIpc) is 0.806. The van der Waals surface area contributed by atoms with Gasteiger partial charge in [-0.25, -0.2) is 9.59 Å². The van der Waals surface area contributed by atoms with Gasteiger partial charge in [0.25, 0.3) is 0 Å². The molecule has 0 aliphatic carbocycles. The van der Waals surface area contributed by atoms with Crippen molar-refractivity contribution in [3.8, 4) is 11.5 Å². The maximum Gasteiger partial charge on any atom is 0.415 e. The molecule has 3 N–H and O–H groups in total. The van der Waals surface area contributed by atoms with Gasteiger partial charge in [0.05, 0.1) is 24.5 Å². The molecule has 10 nitrogen and oxygen atoms in total. The molecule has 0 aromatic heterocycles. The van der Waals surface area contributed by atoms with E-state index < -0.39 is 152 Å². The fourth-order valence-corrected chi connectivity index (χ4v) is 11.6. The molecule has 0 spiro atoms. The molecular formula is C30H46B46N4O6. The van der Waals surface area contributed by atoms with Crippen molar-refractivity contribution in [3.05, 3.63) is 36.4 Å². The van der Waals surface area contributed by atoms with Crippen LogP contribution in [0.5, 0.6) is 11.5 Å². The van der Waals surface area contributed by atoms with E-state index in [4.69, 9.17) is 210 Å². The number of hydrogen-bond donors (Lipinski definition) is 2. The first-order chi connectivity index (χ1) is 39.0. The Morgan fingerprint density at radius 3 is 0.930 bits per heavy atom. The number of nitrogens with one attached hydrogen (secondary N) is 1. The maximum atomic E-state index is 12.3. The fraction of sp³-hybridized carbons (Fsp3) is 0.533. The SMILES string of the molecule is C.CC(C)(C)OC(=O)N1CCOc2ccc(N)cc21.CC(C)Nc1ccc2c(c1)N(C(=O)OC(C)(C)C)CCO2.[B]B([B])B(B([B])[B])B(B(B([B])[B])B([B])[B])B(B(B(B([B])[B])B([B])[B])B(B([B])[B])B([B])[B])B(B(B([B])[B])B([B])[B])B(B([B])[B])B([B])[B]. The smallest absolute Gasteiger partial charge is 0.415 e. The van der Waals surface area contributed by atoms with Crippen LogP contribution in [-0.4, -0.2) is 382 Å². The van der Waals surface area contributed by atoms with E-state index in [0.717, 1.165) is 11.4 Å². The minimum atomic E-state index is -1.30. The van der Waals surface area contributed by atoms with Crippen LogP contribution < -0.4 is 30.3 Å². The number of fused-ring (bicyclic) bond motifs is 2. The Balaban J connectivity index is 0.000000749. The fourth-order valence-electron chi connectivity index (χ4n) is 11.6. The summed E-state index contributed by atoms with van der Waals surface area (Å²) in [5.41, 5.74) is 7.67. The molecule has 0 saturated carbocycles. The number of ether oxygens (including phenoxy) is 4. The van der Waals surface area contributed by atoms with Crippen LogP contribution in [0.15, 0.2) is 36.4 Å². The van der Waals surface area contributed by atoms with Gasteiger partial charge in [-0.3, -0.25) is 9.80 Å². The summed E-state index contributed by atoms with van der Waals surface area (Å²) in [6, 6.07) is 11.3. The molecule has 56 heteroatoms. The summed E-state index contributed by atoms with van der Waals surface area (Å²) in [4.78, 5) is 27.6. The van der Waals surface area contributed by atoms with Gasteiger partial charge in [0.15, 0.2) is 0 Å². The van der Waals surface area contributed by atoms with Gasteiger partial charge in [-0.2, -0.15) is 0 Å². The number of carbonyl (C=O) groups is 2. The van der Waals surface area contributed by atoms with Gasteiger partial charge in [0.1, 0.15) is 35.9 Å². The molecule has 0 saturated heterocycles. The molecule has 0 unspecified atom stereocenters. The van der Waals surface area contributed by atoms with Gasteiger partial charge in [-0.15, -0.1) is 0 Å². The number of amides is 2. The van der Waals surface area contributed by atoms with Crippen LogP contribution in [0.2, 0.25) is 0 Å². The van der Waals surface area contributed by atoms with Gasteiger partial charge in [0.2, 0.25) is 0 Å². The van der Waals surface area contributed by atoms with E-state index in [1.807, 2.05) is 59.7 Å². The number of rotatable bonds is 23. The lowest BCUT2D eigenvalue weighted by atomic mass is 8.25. The third-order valence-corrected chi connectivity index (χ3v) is 14.7. The summed E-state index contributed by atoms with van der Waals surface area (Å²) in [6.07, 6.45) is -27.9. The lowest BCUT2D eigenvalue weighted by Gasteiger charge is -2.56. The number of anilines is 4. The molecule has 86 heavy (non-hydrogen) atoms. The van der Waals surface area contributed by atoms with Gasteiger partial charge in [-0.05, 0) is 91.8 Å². The van der Waals surface area contributed by atoms with Crippen molar-refractivity contribution in [1.82, 2.24) is 0 Å². The van der Waals surface area contributed by atoms with Crippen molar-refractivity contribution in [2.24, 2.45) is 0 Å². The molecular weight excluding hydrogens is 1010 g/mol. The highest BCUT2D eigenvalue weighted by Gasteiger charge is 2.59. The van der Waals surface area contributed by atoms with E-state index >= 15 is 0 Å². The van der Waals surface area contributed by atoms with E-state index in [1.54, 1.807) is 28.0 Å². The number of nitrogens with zero attached hydrogens (tertiary/aromatic N) is 2. The lowest BCUT2D eigenvalue weighted by Crippen LogP contribution is -2.94. The van der Waals surface area contributed by atoms with E-state index in [9.17, 15) is 9.59 Å². The summed E-state index contributed by atoms with van der Waals surface area (Å²) in [6.45, 7) is 17.1. The summed E-state index contributed by atoms with van der Waals surface area (Å²) >= 11 is 0. The minimum Gasteiger partial charge on any atom is -0.490 e. The molecule has 0 bridgehead atoms. The molecule has 2 amide bonds. The standard InChI is InChI=1S/C16H24N2O3.C13H18N2O3.CH4.B46/c1-11(2)17-12-6-7-14-13(10-12)18(8-9-20-14)15(19)21-16(3,4)5;1-13(2,3)18-12(16)15-6-7-17-11-5-4-9(14)8-10(11)15;;1-25(2)37(26(3)4)43(38(27(5)6)28(7)8)46(44(39(29(9)10)30(11)12)40(31(13)14)32(15)16)45(41(33(17)18)34(19)20)42(35(21)22)36(23)24/h6-7,10-11,17H,8-9H2,1-5H3;4-5,8H,6-7,14H2,1-3H3;1H4;. The number of hydrogen-bond acceptors (Lipinski definition) is 8. The maximum absolute atomic E-state index is 12.3. The molecule has 0 atom stereocenters. The Hall–Kier alpha value is -0.833. The van der Waals surface area contributed by atoms with Crippen LogP contribution >= 0.6 is 0 Å². The first-order valence-corrected chi connectivity index (χ1v) is 28.2. The van der Waals surface area contributed by atoms with Gasteiger partial charge < -0.3 is 30.0 Å². The van der Waals surface area contributed by atoms with E-state index in [-0.39, 0.29) is 19.6 Å². The number of benzene rings is 2. The van der Waals surface area contributed by atoms with Gasteiger partial charge in [0, 0.05) is 344 Å². The second-order valence-electron chi connectivity index (χ2n) is 24.4. The van der Waals surface area contributed by atoms with E-state index in [1.165, 1.54) is 0 Å². The Morgan fingerprint density at radius 2 is 0.686 bits per heavy atom. The number of carbonyl (C=O) groups excluding carboxylic acids is 2. The largest absolute Gasteiger partial charge is 0.490 e. The van der Waals surface area contributed by atoms with E-state index in [0.29, 0.717) is 55.2 Å². The zero-order chi connectivity index (χ0) is 65.7. The van der Waals surface area contributed by atoms with Crippen molar-refractivity contribution in [1.29, 1.82) is 0 Å². The highest BCUT2D eigenvalue weighted by atomic mass is 16.6. The second kappa shape index (κ2) is 37.2. The topological polar surface area (TPSA) is 116 Å².